The molecule has 0 aromatic heterocycles. The molecule has 3 rings (SSSR count). The fourth-order valence-electron chi connectivity index (χ4n) is 3.24. The average Bonchev–Trinajstić information content (AvgIpc) is 3.12. The highest BCUT2D eigenvalue weighted by Gasteiger charge is 2.57. The van der Waals surface area contributed by atoms with Gasteiger partial charge in [-0.15, -0.1) is 0 Å². The average molecular weight is 263 g/mol. The van der Waals surface area contributed by atoms with Crippen LogP contribution in [0.5, 0.6) is 5.75 Å². The normalized spacial score (nSPS) is 24.2. The Morgan fingerprint density at radius 3 is 2.84 bits per heavy atom. The van der Waals surface area contributed by atoms with Gasteiger partial charge < -0.3 is 10.1 Å². The van der Waals surface area contributed by atoms with E-state index in [-0.39, 0.29) is 28.4 Å². The molecule has 1 aliphatic heterocycles. The largest absolute Gasteiger partial charge is 0.494 e. The van der Waals surface area contributed by atoms with Crippen molar-refractivity contribution >= 4 is 5.78 Å². The second-order valence-corrected chi connectivity index (χ2v) is 5.56. The SMILES string of the molecule is COc1cccc(C(=O)C2CC23CCNCC3)c1F. The Kier molecular flexibility index (Phi) is 3.05. The van der Waals surface area contributed by atoms with E-state index in [1.807, 2.05) is 0 Å². The standard InChI is InChI=1S/C15H18FNO2/c1-19-12-4-2-3-10(13(12)16)14(18)11-9-15(11)5-7-17-8-6-15/h2-4,11,17H,5-9H2,1H3. The minimum absolute atomic E-state index is 0.00351. The van der Waals surface area contributed by atoms with E-state index < -0.39 is 5.82 Å². The molecule has 102 valence electrons. The van der Waals surface area contributed by atoms with Crippen molar-refractivity contribution in [2.45, 2.75) is 19.3 Å². The molecule has 3 nitrogen and oxygen atoms in total. The number of carbonyl (C=O) groups excluding carboxylic acids is 1. The molecule has 1 heterocycles. The molecule has 1 aliphatic carbocycles. The molecule has 1 N–H and O–H groups in total. The number of methoxy groups -OCH3 is 1. The predicted molar refractivity (Wildman–Crippen MR) is 69.9 cm³/mol. The first-order valence-electron chi connectivity index (χ1n) is 6.75. The summed E-state index contributed by atoms with van der Waals surface area (Å²) >= 11 is 0. The number of ether oxygens (including phenoxy) is 1. The third-order valence-electron chi connectivity index (χ3n) is 4.55. The summed E-state index contributed by atoms with van der Waals surface area (Å²) in [5, 5.41) is 3.30. The minimum atomic E-state index is -0.522. The summed E-state index contributed by atoms with van der Waals surface area (Å²) < 4.78 is 19.0. The Bertz CT molecular complexity index is 509. The zero-order valence-electron chi connectivity index (χ0n) is 11.0. The maximum atomic E-state index is 14.1. The fourth-order valence-corrected chi connectivity index (χ4v) is 3.24. The lowest BCUT2D eigenvalue weighted by Crippen LogP contribution is -2.30. The monoisotopic (exact) mass is 263 g/mol. The van der Waals surface area contributed by atoms with Gasteiger partial charge in [0, 0.05) is 5.92 Å². The van der Waals surface area contributed by atoms with E-state index in [9.17, 15) is 9.18 Å². The summed E-state index contributed by atoms with van der Waals surface area (Å²) in [6, 6.07) is 4.78. The summed E-state index contributed by atoms with van der Waals surface area (Å²) in [7, 11) is 1.41. The van der Waals surface area contributed by atoms with Crippen molar-refractivity contribution in [2.24, 2.45) is 11.3 Å². The Balaban J connectivity index is 1.82. The van der Waals surface area contributed by atoms with Crippen molar-refractivity contribution in [3.8, 4) is 5.75 Å². The topological polar surface area (TPSA) is 38.3 Å². The van der Waals surface area contributed by atoms with Crippen molar-refractivity contribution < 1.29 is 13.9 Å². The van der Waals surface area contributed by atoms with Crippen LogP contribution in [-0.4, -0.2) is 26.0 Å². The highest BCUT2D eigenvalue weighted by molar-refractivity contribution is 6.00. The van der Waals surface area contributed by atoms with Crippen LogP contribution >= 0.6 is 0 Å². The lowest BCUT2D eigenvalue weighted by atomic mass is 9.89. The summed E-state index contributed by atoms with van der Waals surface area (Å²) in [5.41, 5.74) is 0.317. The quantitative estimate of drug-likeness (QED) is 0.851. The minimum Gasteiger partial charge on any atom is -0.494 e. The summed E-state index contributed by atoms with van der Waals surface area (Å²) in [6.45, 7) is 1.93. The van der Waals surface area contributed by atoms with E-state index in [0.717, 1.165) is 32.4 Å². The molecule has 2 fully saturated rings. The van der Waals surface area contributed by atoms with Gasteiger partial charge >= 0.3 is 0 Å². The molecule has 4 heteroatoms. The highest BCUT2D eigenvalue weighted by Crippen LogP contribution is 2.59. The molecule has 2 aliphatic rings. The maximum absolute atomic E-state index is 14.1. The van der Waals surface area contributed by atoms with E-state index in [4.69, 9.17) is 4.74 Å². The van der Waals surface area contributed by atoms with E-state index in [1.165, 1.54) is 7.11 Å². The van der Waals surface area contributed by atoms with Gasteiger partial charge in [-0.2, -0.15) is 0 Å². The highest BCUT2D eigenvalue weighted by atomic mass is 19.1. The molecule has 1 saturated carbocycles. The Morgan fingerprint density at radius 1 is 1.42 bits per heavy atom. The Hall–Kier alpha value is -1.42. The van der Waals surface area contributed by atoms with Crippen LogP contribution in [0, 0.1) is 17.2 Å². The summed E-state index contributed by atoms with van der Waals surface area (Å²) in [5.74, 6) is -0.439. The van der Waals surface area contributed by atoms with Crippen LogP contribution in [0.1, 0.15) is 29.6 Å². The fraction of sp³-hybridized carbons (Fsp3) is 0.533. The number of halogens is 1. The molecule has 1 atom stereocenters. The first-order valence-corrected chi connectivity index (χ1v) is 6.75. The van der Waals surface area contributed by atoms with E-state index in [2.05, 4.69) is 5.32 Å². The molecular weight excluding hydrogens is 245 g/mol. The zero-order chi connectivity index (χ0) is 13.5. The lowest BCUT2D eigenvalue weighted by Gasteiger charge is -2.23. The summed E-state index contributed by atoms with van der Waals surface area (Å²) in [4.78, 5) is 12.5. The Labute approximate surface area is 112 Å². The van der Waals surface area contributed by atoms with Gasteiger partial charge in [0.2, 0.25) is 0 Å². The van der Waals surface area contributed by atoms with E-state index in [1.54, 1.807) is 18.2 Å². The molecule has 1 spiro atoms. The number of Topliss-reactive ketones (excluding diaryl/α,β-unsaturated/α-hetero) is 1. The van der Waals surface area contributed by atoms with Crippen molar-refractivity contribution in [3.05, 3.63) is 29.6 Å². The van der Waals surface area contributed by atoms with Crippen LogP contribution in [0.25, 0.3) is 0 Å². The van der Waals surface area contributed by atoms with Gasteiger partial charge in [-0.1, -0.05) is 6.07 Å². The van der Waals surface area contributed by atoms with Gasteiger partial charge in [-0.3, -0.25) is 4.79 Å². The molecule has 19 heavy (non-hydrogen) atoms. The first-order chi connectivity index (χ1) is 9.18. The zero-order valence-corrected chi connectivity index (χ0v) is 11.0. The van der Waals surface area contributed by atoms with E-state index in [0.29, 0.717) is 0 Å². The molecule has 1 saturated heterocycles. The van der Waals surface area contributed by atoms with Crippen LogP contribution in [0.4, 0.5) is 4.39 Å². The van der Waals surface area contributed by atoms with Gasteiger partial charge in [0.1, 0.15) is 0 Å². The lowest BCUT2D eigenvalue weighted by molar-refractivity contribution is 0.0936. The smallest absolute Gasteiger partial charge is 0.175 e. The van der Waals surface area contributed by atoms with Crippen molar-refractivity contribution in [1.29, 1.82) is 0 Å². The molecule has 1 aromatic carbocycles. The van der Waals surface area contributed by atoms with Crippen LogP contribution < -0.4 is 10.1 Å². The molecular formula is C15H18FNO2. The van der Waals surface area contributed by atoms with Gasteiger partial charge in [0.25, 0.3) is 0 Å². The number of nitrogens with one attached hydrogen (secondary N) is 1. The third-order valence-corrected chi connectivity index (χ3v) is 4.55. The number of piperidine rings is 1. The molecule has 0 radical (unpaired) electrons. The molecule has 0 amide bonds. The van der Waals surface area contributed by atoms with Gasteiger partial charge in [-0.05, 0) is 49.9 Å². The van der Waals surface area contributed by atoms with E-state index >= 15 is 0 Å². The van der Waals surface area contributed by atoms with Crippen molar-refractivity contribution in [1.82, 2.24) is 5.32 Å². The number of carbonyl (C=O) groups is 1. The van der Waals surface area contributed by atoms with Crippen molar-refractivity contribution in [2.75, 3.05) is 20.2 Å². The van der Waals surface area contributed by atoms with Crippen LogP contribution in [0.3, 0.4) is 0 Å². The van der Waals surface area contributed by atoms with Gasteiger partial charge in [-0.25, -0.2) is 4.39 Å². The number of benzene rings is 1. The second-order valence-electron chi connectivity index (χ2n) is 5.56. The second kappa shape index (κ2) is 4.60. The molecule has 1 aromatic rings. The predicted octanol–water partition coefficient (Wildman–Crippen LogP) is 2.41. The number of hydrogen-bond donors (Lipinski definition) is 1. The summed E-state index contributed by atoms with van der Waals surface area (Å²) in [6.07, 6.45) is 2.95. The van der Waals surface area contributed by atoms with Crippen LogP contribution in [0.15, 0.2) is 18.2 Å². The maximum Gasteiger partial charge on any atom is 0.175 e. The van der Waals surface area contributed by atoms with Crippen molar-refractivity contribution in [3.63, 3.8) is 0 Å². The number of hydrogen-bond acceptors (Lipinski definition) is 3. The Morgan fingerprint density at radius 2 is 2.16 bits per heavy atom. The molecule has 0 bridgehead atoms. The van der Waals surface area contributed by atoms with Crippen LogP contribution in [-0.2, 0) is 0 Å². The first kappa shape index (κ1) is 12.6. The van der Waals surface area contributed by atoms with Gasteiger partial charge in [0.05, 0.1) is 12.7 Å². The van der Waals surface area contributed by atoms with Gasteiger partial charge in [0.15, 0.2) is 17.3 Å². The number of ketones is 1. The number of rotatable bonds is 3. The van der Waals surface area contributed by atoms with Crippen LogP contribution in [0.2, 0.25) is 0 Å². The third kappa shape index (κ3) is 2.04. The molecule has 1 unspecified atom stereocenters.